The van der Waals surface area contributed by atoms with Crippen LogP contribution >= 0.6 is 11.6 Å². The third kappa shape index (κ3) is 2.78. The van der Waals surface area contributed by atoms with Gasteiger partial charge >= 0.3 is 6.01 Å². The summed E-state index contributed by atoms with van der Waals surface area (Å²) < 4.78 is 32.8. The molecule has 0 amide bonds. The summed E-state index contributed by atoms with van der Waals surface area (Å²) in [4.78, 5) is 11.3. The van der Waals surface area contributed by atoms with E-state index in [0.717, 1.165) is 6.07 Å². The van der Waals surface area contributed by atoms with Gasteiger partial charge in [-0.3, -0.25) is 0 Å². The number of benzene rings is 1. The second-order valence-corrected chi connectivity index (χ2v) is 4.03. The highest BCUT2D eigenvalue weighted by molar-refractivity contribution is 6.28. The van der Waals surface area contributed by atoms with Crippen molar-refractivity contribution in [3.8, 4) is 17.4 Å². The van der Waals surface area contributed by atoms with E-state index >= 15 is 0 Å². The van der Waals surface area contributed by atoms with Crippen LogP contribution in [-0.2, 0) is 0 Å². The molecule has 0 atom stereocenters. The lowest BCUT2D eigenvalue weighted by molar-refractivity contribution is 0.311. The molecule has 0 saturated heterocycles. The Balaban J connectivity index is 2.62. The van der Waals surface area contributed by atoms with E-state index in [-0.39, 0.29) is 28.2 Å². The quantitative estimate of drug-likeness (QED) is 0.869. The molecule has 19 heavy (non-hydrogen) atoms. The molecule has 2 rings (SSSR count). The Hall–Kier alpha value is -1.82. The van der Waals surface area contributed by atoms with Crippen molar-refractivity contribution < 1.29 is 13.5 Å². The van der Waals surface area contributed by atoms with Crippen molar-refractivity contribution >= 4 is 11.6 Å². The molecule has 0 radical (unpaired) electrons. The van der Waals surface area contributed by atoms with Crippen molar-refractivity contribution in [3.05, 3.63) is 34.6 Å². The maximum atomic E-state index is 14.0. The van der Waals surface area contributed by atoms with Crippen LogP contribution in [0.15, 0.2) is 12.1 Å². The first-order valence-corrected chi connectivity index (χ1v) is 5.90. The molecule has 1 aromatic heterocycles. The van der Waals surface area contributed by atoms with Crippen LogP contribution in [0.25, 0.3) is 11.4 Å². The minimum atomic E-state index is -0.771. The van der Waals surface area contributed by atoms with Gasteiger partial charge in [0.05, 0.1) is 12.2 Å². The van der Waals surface area contributed by atoms with Crippen LogP contribution in [0.5, 0.6) is 6.01 Å². The molecule has 0 N–H and O–H groups in total. The largest absolute Gasteiger partial charge is 0.464 e. The van der Waals surface area contributed by atoms with E-state index < -0.39 is 11.6 Å². The minimum absolute atomic E-state index is 0.0715. The highest BCUT2D eigenvalue weighted by atomic mass is 35.5. The summed E-state index contributed by atoms with van der Waals surface area (Å²) in [6, 6.07) is 2.41. The summed E-state index contributed by atoms with van der Waals surface area (Å²) in [5.41, 5.74) is -0.0591. The Morgan fingerprint density at radius 3 is 2.63 bits per heavy atom. The van der Waals surface area contributed by atoms with E-state index in [9.17, 15) is 8.78 Å². The monoisotopic (exact) mass is 285 g/mol. The third-order valence-corrected chi connectivity index (χ3v) is 2.54. The van der Waals surface area contributed by atoms with Crippen molar-refractivity contribution in [2.24, 2.45) is 0 Å². The molecule has 0 fully saturated rings. The Bertz CT molecular complexity index is 622. The maximum absolute atomic E-state index is 14.0. The van der Waals surface area contributed by atoms with Gasteiger partial charge in [0.25, 0.3) is 0 Å². The van der Waals surface area contributed by atoms with Gasteiger partial charge in [0.15, 0.2) is 5.82 Å². The predicted octanol–water partition coefficient (Wildman–Crippen LogP) is 3.18. The lowest BCUT2D eigenvalue weighted by atomic mass is 10.1. The summed E-state index contributed by atoms with van der Waals surface area (Å²) in [7, 11) is 0. The lowest BCUT2D eigenvalue weighted by Crippen LogP contribution is -2.04. The van der Waals surface area contributed by atoms with E-state index in [0.29, 0.717) is 6.61 Å². The zero-order valence-electron chi connectivity index (χ0n) is 10.2. The van der Waals surface area contributed by atoms with Crippen molar-refractivity contribution in [1.29, 1.82) is 0 Å². The lowest BCUT2D eigenvalue weighted by Gasteiger charge is -2.07. The van der Waals surface area contributed by atoms with Gasteiger partial charge in [0.1, 0.15) is 11.6 Å². The maximum Gasteiger partial charge on any atom is 0.321 e. The molecule has 0 unspecified atom stereocenters. The summed E-state index contributed by atoms with van der Waals surface area (Å²) in [6.45, 7) is 3.55. The Morgan fingerprint density at radius 2 is 1.95 bits per heavy atom. The van der Waals surface area contributed by atoms with Crippen LogP contribution in [0, 0.1) is 18.6 Å². The highest BCUT2D eigenvalue weighted by Gasteiger charge is 2.18. The molecule has 1 heterocycles. The van der Waals surface area contributed by atoms with Gasteiger partial charge < -0.3 is 4.74 Å². The van der Waals surface area contributed by atoms with E-state index in [1.54, 1.807) is 6.92 Å². The molecule has 0 bridgehead atoms. The van der Waals surface area contributed by atoms with Crippen molar-refractivity contribution in [3.63, 3.8) is 0 Å². The molecular formula is C12H10ClF2N3O. The van der Waals surface area contributed by atoms with Gasteiger partial charge in [-0.15, -0.1) is 0 Å². The number of nitrogens with zero attached hydrogens (tertiary/aromatic N) is 3. The molecule has 100 valence electrons. The van der Waals surface area contributed by atoms with Crippen LogP contribution in [0.1, 0.15) is 12.5 Å². The van der Waals surface area contributed by atoms with Gasteiger partial charge in [0.2, 0.25) is 5.28 Å². The molecule has 0 aliphatic heterocycles. The van der Waals surface area contributed by atoms with Crippen molar-refractivity contribution in [2.75, 3.05) is 6.61 Å². The number of hydrogen-bond donors (Lipinski definition) is 0. The second-order valence-electron chi connectivity index (χ2n) is 3.70. The van der Waals surface area contributed by atoms with Crippen LogP contribution in [0.3, 0.4) is 0 Å². The average Bonchev–Trinajstić information content (AvgIpc) is 2.34. The smallest absolute Gasteiger partial charge is 0.321 e. The van der Waals surface area contributed by atoms with Crippen LogP contribution in [0.2, 0.25) is 5.28 Å². The van der Waals surface area contributed by atoms with Gasteiger partial charge in [-0.2, -0.15) is 15.0 Å². The molecule has 0 saturated carbocycles. The molecule has 0 aliphatic carbocycles. The zero-order chi connectivity index (χ0) is 14.0. The van der Waals surface area contributed by atoms with Gasteiger partial charge in [-0.25, -0.2) is 8.78 Å². The Kier molecular flexibility index (Phi) is 3.90. The normalized spacial score (nSPS) is 10.6. The van der Waals surface area contributed by atoms with Gasteiger partial charge in [-0.1, -0.05) is 6.07 Å². The number of aromatic nitrogens is 3. The van der Waals surface area contributed by atoms with Gasteiger partial charge in [-0.05, 0) is 37.1 Å². The molecule has 0 aliphatic rings. The fraction of sp³-hybridized carbons (Fsp3) is 0.250. The molecule has 1 aromatic carbocycles. The molecule has 2 aromatic rings. The van der Waals surface area contributed by atoms with E-state index in [4.69, 9.17) is 16.3 Å². The summed E-state index contributed by atoms with van der Waals surface area (Å²) in [5.74, 6) is -1.69. The molecular weight excluding hydrogens is 276 g/mol. The zero-order valence-corrected chi connectivity index (χ0v) is 11.0. The number of ether oxygens (including phenoxy) is 1. The van der Waals surface area contributed by atoms with Crippen molar-refractivity contribution in [1.82, 2.24) is 15.0 Å². The molecule has 7 heteroatoms. The third-order valence-electron chi connectivity index (χ3n) is 2.37. The highest BCUT2D eigenvalue weighted by Crippen LogP contribution is 2.26. The van der Waals surface area contributed by atoms with E-state index in [2.05, 4.69) is 15.0 Å². The molecule has 0 spiro atoms. The van der Waals surface area contributed by atoms with E-state index in [1.165, 1.54) is 13.0 Å². The second kappa shape index (κ2) is 5.44. The molecule has 4 nitrogen and oxygen atoms in total. The number of aryl methyl sites for hydroxylation is 1. The number of rotatable bonds is 3. The fourth-order valence-corrected chi connectivity index (χ4v) is 1.65. The minimum Gasteiger partial charge on any atom is -0.464 e. The summed E-state index contributed by atoms with van der Waals surface area (Å²) in [5, 5.41) is -0.186. The van der Waals surface area contributed by atoms with Crippen molar-refractivity contribution in [2.45, 2.75) is 13.8 Å². The SMILES string of the molecule is CCOc1nc(Cl)nc(-c2c(F)ccc(C)c2F)n1. The first kappa shape index (κ1) is 13.6. The standard InChI is InChI=1S/C12H10ClF2N3O/c1-3-19-12-17-10(16-11(13)18-12)8-7(14)5-4-6(2)9(8)15/h4-5H,3H2,1-2H3. The van der Waals surface area contributed by atoms with Crippen LogP contribution in [-0.4, -0.2) is 21.6 Å². The summed E-state index contributed by atoms with van der Waals surface area (Å²) in [6.07, 6.45) is 0. The first-order valence-electron chi connectivity index (χ1n) is 5.52. The predicted molar refractivity (Wildman–Crippen MR) is 66.1 cm³/mol. The average molecular weight is 286 g/mol. The fourth-order valence-electron chi connectivity index (χ4n) is 1.50. The van der Waals surface area contributed by atoms with Crippen LogP contribution in [0.4, 0.5) is 8.78 Å². The van der Waals surface area contributed by atoms with Gasteiger partial charge in [0, 0.05) is 0 Å². The van der Waals surface area contributed by atoms with Crippen LogP contribution < -0.4 is 4.74 Å². The topological polar surface area (TPSA) is 47.9 Å². The number of hydrogen-bond acceptors (Lipinski definition) is 4. The Morgan fingerprint density at radius 1 is 1.21 bits per heavy atom. The Labute approximate surface area is 113 Å². The number of halogens is 3. The van der Waals surface area contributed by atoms with E-state index in [1.807, 2.05) is 0 Å². The first-order chi connectivity index (χ1) is 9.02. The summed E-state index contributed by atoms with van der Waals surface area (Å²) >= 11 is 5.69.